The predicted molar refractivity (Wildman–Crippen MR) is 69.2 cm³/mol. The third-order valence-electron chi connectivity index (χ3n) is 2.62. The van der Waals surface area contributed by atoms with Crippen LogP contribution in [-0.2, 0) is 6.42 Å². The quantitative estimate of drug-likeness (QED) is 0.887. The van der Waals surface area contributed by atoms with Crippen molar-refractivity contribution >= 4 is 5.91 Å². The van der Waals surface area contributed by atoms with Gasteiger partial charge in [-0.15, -0.1) is 0 Å². The van der Waals surface area contributed by atoms with Crippen LogP contribution in [0, 0.1) is 6.92 Å². The van der Waals surface area contributed by atoms with Gasteiger partial charge in [0.1, 0.15) is 5.69 Å². The van der Waals surface area contributed by atoms with Gasteiger partial charge in [0.25, 0.3) is 5.91 Å². The van der Waals surface area contributed by atoms with E-state index in [1.807, 2.05) is 0 Å². The lowest BCUT2D eigenvalue weighted by molar-refractivity contribution is 0.0949. The summed E-state index contributed by atoms with van der Waals surface area (Å²) in [4.78, 5) is 19.5. The van der Waals surface area contributed by atoms with Crippen molar-refractivity contribution in [2.45, 2.75) is 13.3 Å². The maximum Gasteiger partial charge on any atom is 0.271 e. The molecule has 1 amide bonds. The molecule has 4 nitrogen and oxygen atoms in total. The second kappa shape index (κ2) is 5.91. The SMILES string of the molecule is Cc1ccc(CCNC(=O)c2cnccn2)cc1. The Kier molecular flexibility index (Phi) is 4.02. The van der Waals surface area contributed by atoms with Crippen LogP contribution in [0.2, 0.25) is 0 Å². The molecule has 1 aromatic carbocycles. The summed E-state index contributed by atoms with van der Waals surface area (Å²) < 4.78 is 0. The van der Waals surface area contributed by atoms with Crippen molar-refractivity contribution in [3.05, 3.63) is 59.7 Å². The van der Waals surface area contributed by atoms with E-state index in [4.69, 9.17) is 0 Å². The first-order chi connectivity index (χ1) is 8.75. The lowest BCUT2D eigenvalue weighted by Gasteiger charge is -2.04. The Morgan fingerprint density at radius 2 is 2.00 bits per heavy atom. The maximum absolute atomic E-state index is 11.7. The van der Waals surface area contributed by atoms with Gasteiger partial charge in [-0.1, -0.05) is 29.8 Å². The van der Waals surface area contributed by atoms with Gasteiger partial charge in [0.15, 0.2) is 0 Å². The third-order valence-corrected chi connectivity index (χ3v) is 2.62. The van der Waals surface area contributed by atoms with Crippen LogP contribution in [0.4, 0.5) is 0 Å². The Balaban J connectivity index is 1.82. The molecule has 0 fully saturated rings. The molecule has 0 saturated carbocycles. The van der Waals surface area contributed by atoms with Gasteiger partial charge in [-0.25, -0.2) is 4.98 Å². The summed E-state index contributed by atoms with van der Waals surface area (Å²) in [5, 5.41) is 2.82. The van der Waals surface area contributed by atoms with Crippen LogP contribution in [0.5, 0.6) is 0 Å². The Labute approximate surface area is 106 Å². The van der Waals surface area contributed by atoms with E-state index in [1.165, 1.54) is 23.5 Å². The molecule has 4 heteroatoms. The van der Waals surface area contributed by atoms with E-state index in [0.29, 0.717) is 12.2 Å². The topological polar surface area (TPSA) is 54.9 Å². The highest BCUT2D eigenvalue weighted by Gasteiger charge is 2.05. The minimum absolute atomic E-state index is 0.185. The van der Waals surface area contributed by atoms with E-state index in [0.717, 1.165) is 6.42 Å². The first kappa shape index (κ1) is 12.2. The maximum atomic E-state index is 11.7. The molecule has 2 rings (SSSR count). The number of aromatic nitrogens is 2. The molecule has 0 bridgehead atoms. The molecule has 0 aliphatic heterocycles. The monoisotopic (exact) mass is 241 g/mol. The van der Waals surface area contributed by atoms with Gasteiger partial charge in [0.05, 0.1) is 6.20 Å². The van der Waals surface area contributed by atoms with E-state index in [9.17, 15) is 4.79 Å². The van der Waals surface area contributed by atoms with E-state index in [1.54, 1.807) is 6.20 Å². The molecule has 0 aliphatic rings. The van der Waals surface area contributed by atoms with Gasteiger partial charge in [-0.3, -0.25) is 9.78 Å². The number of amides is 1. The molecular weight excluding hydrogens is 226 g/mol. The van der Waals surface area contributed by atoms with Gasteiger partial charge >= 0.3 is 0 Å². The Bertz CT molecular complexity index is 508. The first-order valence-electron chi connectivity index (χ1n) is 5.85. The number of hydrogen-bond donors (Lipinski definition) is 1. The molecule has 1 N–H and O–H groups in total. The van der Waals surface area contributed by atoms with E-state index >= 15 is 0 Å². The van der Waals surface area contributed by atoms with Crippen LogP contribution in [0.1, 0.15) is 21.6 Å². The van der Waals surface area contributed by atoms with Crippen LogP contribution in [0.3, 0.4) is 0 Å². The predicted octanol–water partition coefficient (Wildman–Crippen LogP) is 1.76. The van der Waals surface area contributed by atoms with Crippen LogP contribution >= 0.6 is 0 Å². The lowest BCUT2D eigenvalue weighted by atomic mass is 10.1. The van der Waals surface area contributed by atoms with Crippen molar-refractivity contribution in [2.75, 3.05) is 6.54 Å². The minimum Gasteiger partial charge on any atom is -0.350 e. The fraction of sp³-hybridized carbons (Fsp3) is 0.214. The molecule has 92 valence electrons. The summed E-state index contributed by atoms with van der Waals surface area (Å²) in [6.45, 7) is 2.65. The van der Waals surface area contributed by atoms with Gasteiger partial charge in [-0.2, -0.15) is 0 Å². The summed E-state index contributed by atoms with van der Waals surface area (Å²) in [6, 6.07) is 8.28. The number of nitrogens with one attached hydrogen (secondary N) is 1. The fourth-order valence-corrected chi connectivity index (χ4v) is 1.58. The number of carbonyl (C=O) groups excluding carboxylic acids is 1. The summed E-state index contributed by atoms with van der Waals surface area (Å²) in [5.74, 6) is -0.185. The first-order valence-corrected chi connectivity index (χ1v) is 5.85. The number of rotatable bonds is 4. The third kappa shape index (κ3) is 3.38. The molecule has 0 unspecified atom stereocenters. The Morgan fingerprint density at radius 3 is 2.67 bits per heavy atom. The highest BCUT2D eigenvalue weighted by Crippen LogP contribution is 2.03. The normalized spacial score (nSPS) is 10.1. The number of nitrogens with zero attached hydrogens (tertiary/aromatic N) is 2. The summed E-state index contributed by atoms with van der Waals surface area (Å²) in [6.07, 6.45) is 5.32. The zero-order valence-electron chi connectivity index (χ0n) is 10.3. The van der Waals surface area contributed by atoms with Crippen LogP contribution in [0.15, 0.2) is 42.9 Å². The molecule has 0 saturated heterocycles. The molecule has 0 atom stereocenters. The molecule has 1 aromatic heterocycles. The average Bonchev–Trinajstić information content (AvgIpc) is 2.42. The lowest BCUT2D eigenvalue weighted by Crippen LogP contribution is -2.26. The molecule has 0 spiro atoms. The highest BCUT2D eigenvalue weighted by atomic mass is 16.1. The van der Waals surface area contributed by atoms with E-state index in [-0.39, 0.29) is 5.91 Å². The van der Waals surface area contributed by atoms with Crippen molar-refractivity contribution < 1.29 is 4.79 Å². The number of hydrogen-bond acceptors (Lipinski definition) is 3. The zero-order valence-corrected chi connectivity index (χ0v) is 10.3. The standard InChI is InChI=1S/C14H15N3O/c1-11-2-4-12(5-3-11)6-7-17-14(18)13-10-15-8-9-16-13/h2-5,8-10H,6-7H2,1H3,(H,17,18). The van der Waals surface area contributed by atoms with Crippen molar-refractivity contribution in [2.24, 2.45) is 0 Å². The van der Waals surface area contributed by atoms with Gasteiger partial charge in [0, 0.05) is 18.9 Å². The molecule has 0 aliphatic carbocycles. The van der Waals surface area contributed by atoms with Gasteiger partial charge in [0.2, 0.25) is 0 Å². The van der Waals surface area contributed by atoms with Crippen molar-refractivity contribution in [1.82, 2.24) is 15.3 Å². The van der Waals surface area contributed by atoms with Crippen LogP contribution < -0.4 is 5.32 Å². The minimum atomic E-state index is -0.185. The zero-order chi connectivity index (χ0) is 12.8. The highest BCUT2D eigenvalue weighted by molar-refractivity contribution is 5.91. The van der Waals surface area contributed by atoms with Gasteiger partial charge < -0.3 is 5.32 Å². The van der Waals surface area contributed by atoms with E-state index in [2.05, 4.69) is 46.5 Å². The Morgan fingerprint density at radius 1 is 1.22 bits per heavy atom. The number of aryl methyl sites for hydroxylation is 1. The largest absolute Gasteiger partial charge is 0.350 e. The smallest absolute Gasteiger partial charge is 0.271 e. The van der Waals surface area contributed by atoms with E-state index < -0.39 is 0 Å². The van der Waals surface area contributed by atoms with Crippen LogP contribution in [-0.4, -0.2) is 22.4 Å². The summed E-state index contributed by atoms with van der Waals surface area (Å²) in [5.41, 5.74) is 2.80. The second-order valence-electron chi connectivity index (χ2n) is 4.08. The fourth-order valence-electron chi connectivity index (χ4n) is 1.58. The van der Waals surface area contributed by atoms with Crippen molar-refractivity contribution in [3.8, 4) is 0 Å². The molecule has 18 heavy (non-hydrogen) atoms. The van der Waals surface area contributed by atoms with Gasteiger partial charge in [-0.05, 0) is 18.9 Å². The number of benzene rings is 1. The van der Waals surface area contributed by atoms with Crippen LogP contribution in [0.25, 0.3) is 0 Å². The van der Waals surface area contributed by atoms with Crippen molar-refractivity contribution in [3.63, 3.8) is 0 Å². The van der Waals surface area contributed by atoms with Crippen molar-refractivity contribution in [1.29, 1.82) is 0 Å². The Hall–Kier alpha value is -2.23. The second-order valence-corrected chi connectivity index (χ2v) is 4.08. The molecular formula is C14H15N3O. The average molecular weight is 241 g/mol. The summed E-state index contributed by atoms with van der Waals surface area (Å²) in [7, 11) is 0. The molecule has 2 aromatic rings. The molecule has 1 heterocycles. The summed E-state index contributed by atoms with van der Waals surface area (Å²) >= 11 is 0. The molecule has 0 radical (unpaired) electrons. The number of carbonyl (C=O) groups is 1.